The summed E-state index contributed by atoms with van der Waals surface area (Å²) in [5.41, 5.74) is -1.96. The monoisotopic (exact) mass is 333 g/mol. The van der Waals surface area contributed by atoms with Crippen molar-refractivity contribution in [1.82, 2.24) is 4.98 Å². The average molecular weight is 334 g/mol. The molecule has 4 nitrogen and oxygen atoms in total. The number of carbonyl (C=O) groups is 1. The lowest BCUT2D eigenvalue weighted by atomic mass is 10.1. The second-order valence-corrected chi connectivity index (χ2v) is 3.98. The van der Waals surface area contributed by atoms with Gasteiger partial charge in [-0.1, -0.05) is 0 Å². The molecule has 1 rings (SSSR count). The Hall–Kier alpha value is -1.64. The molecule has 0 radical (unpaired) electrons. The topological polar surface area (TPSA) is 48.4 Å². The third kappa shape index (κ3) is 4.69. The molecule has 0 saturated carbocycles. The van der Waals surface area contributed by atoms with Crippen LogP contribution in [0.25, 0.3) is 0 Å². The van der Waals surface area contributed by atoms with Crippen molar-refractivity contribution in [3.63, 3.8) is 0 Å². The van der Waals surface area contributed by atoms with Crippen molar-refractivity contribution >= 4 is 17.6 Å². The Kier molecular flexibility index (Phi) is 5.70. The van der Waals surface area contributed by atoms with Crippen LogP contribution in [-0.4, -0.2) is 24.4 Å². The van der Waals surface area contributed by atoms with E-state index in [1.165, 1.54) is 0 Å². The molecule has 0 aliphatic heterocycles. The van der Waals surface area contributed by atoms with Crippen molar-refractivity contribution in [3.8, 4) is 5.75 Å². The Morgan fingerprint density at radius 1 is 1.43 bits per heavy atom. The Bertz CT molecular complexity index is 521. The maximum absolute atomic E-state index is 12.8. The molecular weight excluding hydrogens is 325 g/mol. The number of esters is 1. The lowest BCUT2D eigenvalue weighted by Gasteiger charge is -2.18. The molecule has 21 heavy (non-hydrogen) atoms. The molecule has 0 aliphatic rings. The first-order valence-corrected chi connectivity index (χ1v) is 5.90. The second kappa shape index (κ2) is 6.88. The van der Waals surface area contributed by atoms with Gasteiger partial charge in [0.25, 0.3) is 6.43 Å². The third-order valence-corrected chi connectivity index (χ3v) is 2.64. The lowest BCUT2D eigenvalue weighted by molar-refractivity contribution is -0.275. The normalized spacial score (nSPS) is 11.6. The molecule has 0 saturated heterocycles. The summed E-state index contributed by atoms with van der Waals surface area (Å²) in [5, 5.41) is 0. The minimum absolute atomic E-state index is 0.266. The Balaban J connectivity index is 3.45. The first-order valence-electron chi connectivity index (χ1n) is 5.37. The van der Waals surface area contributed by atoms with E-state index in [2.05, 4.69) is 14.5 Å². The van der Waals surface area contributed by atoms with E-state index in [9.17, 15) is 26.7 Å². The van der Waals surface area contributed by atoms with Crippen molar-refractivity contribution in [2.24, 2.45) is 0 Å². The van der Waals surface area contributed by atoms with Gasteiger partial charge in [-0.05, 0) is 0 Å². The molecule has 0 N–H and O–H groups in total. The first kappa shape index (κ1) is 17.4. The molecule has 0 fully saturated rings. The van der Waals surface area contributed by atoms with Crippen LogP contribution in [0.15, 0.2) is 6.20 Å². The molecule has 1 aromatic heterocycles. The van der Waals surface area contributed by atoms with E-state index in [1.54, 1.807) is 0 Å². The lowest BCUT2D eigenvalue weighted by Crippen LogP contribution is -2.21. The predicted octanol–water partition coefficient (Wildman–Crippen LogP) is 3.37. The van der Waals surface area contributed by atoms with Crippen LogP contribution in [0.1, 0.15) is 23.2 Å². The van der Waals surface area contributed by atoms with Crippen LogP contribution < -0.4 is 4.74 Å². The highest BCUT2D eigenvalue weighted by atomic mass is 35.5. The fourth-order valence-electron chi connectivity index (χ4n) is 1.51. The maximum atomic E-state index is 12.8. The summed E-state index contributed by atoms with van der Waals surface area (Å²) < 4.78 is 70.9. The highest BCUT2D eigenvalue weighted by Gasteiger charge is 2.35. The van der Waals surface area contributed by atoms with E-state index >= 15 is 0 Å². The van der Waals surface area contributed by atoms with Gasteiger partial charge < -0.3 is 9.47 Å². The largest absolute Gasteiger partial charge is 0.573 e. The van der Waals surface area contributed by atoms with Gasteiger partial charge in [0.05, 0.1) is 19.4 Å². The Morgan fingerprint density at radius 3 is 2.48 bits per heavy atom. The second-order valence-electron chi connectivity index (χ2n) is 3.71. The summed E-state index contributed by atoms with van der Waals surface area (Å²) >= 11 is 5.44. The molecule has 0 spiro atoms. The number of alkyl halides is 6. The third-order valence-electron chi connectivity index (χ3n) is 2.35. The van der Waals surface area contributed by atoms with Crippen molar-refractivity contribution in [2.45, 2.75) is 25.1 Å². The molecule has 1 aromatic rings. The molecular formula is C11H9ClF5NO3. The maximum Gasteiger partial charge on any atom is 0.573 e. The van der Waals surface area contributed by atoms with Crippen molar-refractivity contribution in [2.75, 3.05) is 7.11 Å². The van der Waals surface area contributed by atoms with Gasteiger partial charge >= 0.3 is 12.3 Å². The number of halogens is 6. The smallest absolute Gasteiger partial charge is 0.469 e. The molecule has 0 aliphatic carbocycles. The number of aromatic nitrogens is 1. The minimum Gasteiger partial charge on any atom is -0.469 e. The van der Waals surface area contributed by atoms with Crippen LogP contribution in [-0.2, 0) is 21.8 Å². The molecule has 0 aromatic carbocycles. The Morgan fingerprint density at radius 2 is 2.05 bits per heavy atom. The van der Waals surface area contributed by atoms with Crippen LogP contribution in [0.5, 0.6) is 5.75 Å². The summed E-state index contributed by atoms with van der Waals surface area (Å²) in [4.78, 5) is 14.5. The van der Waals surface area contributed by atoms with Gasteiger partial charge in [0.1, 0.15) is 11.4 Å². The van der Waals surface area contributed by atoms with E-state index < -0.39 is 48.1 Å². The van der Waals surface area contributed by atoms with E-state index in [-0.39, 0.29) is 5.56 Å². The van der Waals surface area contributed by atoms with Crippen molar-refractivity contribution < 1.29 is 36.2 Å². The zero-order chi connectivity index (χ0) is 16.2. The molecule has 0 bridgehead atoms. The zero-order valence-electron chi connectivity index (χ0n) is 10.5. The van der Waals surface area contributed by atoms with Crippen molar-refractivity contribution in [1.29, 1.82) is 0 Å². The summed E-state index contributed by atoms with van der Waals surface area (Å²) in [5.74, 6) is -2.43. The average Bonchev–Trinajstić information content (AvgIpc) is 2.38. The highest BCUT2D eigenvalue weighted by molar-refractivity contribution is 6.17. The fourth-order valence-corrected chi connectivity index (χ4v) is 1.70. The molecule has 0 atom stereocenters. The van der Waals surface area contributed by atoms with Gasteiger partial charge in [0, 0.05) is 17.3 Å². The van der Waals surface area contributed by atoms with Gasteiger partial charge in [0.15, 0.2) is 0 Å². The van der Waals surface area contributed by atoms with Gasteiger partial charge in [-0.3, -0.25) is 9.78 Å². The van der Waals surface area contributed by atoms with Crippen LogP contribution >= 0.6 is 11.6 Å². The van der Waals surface area contributed by atoms with E-state index in [4.69, 9.17) is 11.6 Å². The highest BCUT2D eigenvalue weighted by Crippen LogP contribution is 2.36. The number of nitrogens with zero attached hydrogens (tertiary/aromatic N) is 1. The predicted molar refractivity (Wildman–Crippen MR) is 61.2 cm³/mol. The Labute approximate surface area is 120 Å². The van der Waals surface area contributed by atoms with Crippen LogP contribution in [0, 0.1) is 0 Å². The number of carbonyl (C=O) groups excluding carboxylic acids is 1. The quantitative estimate of drug-likeness (QED) is 0.471. The first-order chi connectivity index (χ1) is 9.69. The molecule has 1 heterocycles. The van der Waals surface area contributed by atoms with E-state index in [0.29, 0.717) is 0 Å². The van der Waals surface area contributed by atoms with Crippen molar-refractivity contribution in [3.05, 3.63) is 23.0 Å². The fraction of sp³-hybridized carbons (Fsp3) is 0.455. The van der Waals surface area contributed by atoms with Gasteiger partial charge in [-0.15, -0.1) is 24.8 Å². The van der Waals surface area contributed by atoms with Crippen LogP contribution in [0.3, 0.4) is 0 Å². The van der Waals surface area contributed by atoms with E-state index in [0.717, 1.165) is 13.3 Å². The van der Waals surface area contributed by atoms with Gasteiger partial charge in [0.2, 0.25) is 0 Å². The SMILES string of the molecule is COC(=O)Cc1c(C(F)F)ncc(CCl)c1OC(F)(F)F. The summed E-state index contributed by atoms with van der Waals surface area (Å²) in [6.45, 7) is 0. The number of hydrogen-bond donors (Lipinski definition) is 0. The number of methoxy groups -OCH3 is 1. The summed E-state index contributed by atoms with van der Waals surface area (Å²) in [6, 6.07) is 0. The van der Waals surface area contributed by atoms with Crippen LogP contribution in [0.4, 0.5) is 22.0 Å². The summed E-state index contributed by atoms with van der Waals surface area (Å²) in [7, 11) is 0.966. The minimum atomic E-state index is -5.13. The zero-order valence-corrected chi connectivity index (χ0v) is 11.3. The molecule has 118 valence electrons. The number of pyridine rings is 1. The standard InChI is InChI=1S/C11H9ClF5NO3/c1-20-7(19)2-6-8(10(13)14)18-4-5(3-12)9(6)21-11(15,16)17/h4,10H,2-3H2,1H3. The number of hydrogen-bond acceptors (Lipinski definition) is 4. The molecule has 10 heteroatoms. The number of ether oxygens (including phenoxy) is 2. The van der Waals surface area contributed by atoms with Gasteiger partial charge in [-0.25, -0.2) is 8.78 Å². The molecule has 0 amide bonds. The number of rotatable bonds is 5. The summed E-state index contributed by atoms with van der Waals surface area (Å²) in [6.07, 6.45) is -8.42. The van der Waals surface area contributed by atoms with Crippen LogP contribution in [0.2, 0.25) is 0 Å². The van der Waals surface area contributed by atoms with E-state index in [1.807, 2.05) is 0 Å². The van der Waals surface area contributed by atoms with Gasteiger partial charge in [-0.2, -0.15) is 0 Å². The molecule has 0 unspecified atom stereocenters.